The van der Waals surface area contributed by atoms with Crippen LogP contribution in [0.3, 0.4) is 0 Å². The van der Waals surface area contributed by atoms with Crippen molar-refractivity contribution in [1.82, 2.24) is 0 Å². The summed E-state index contributed by atoms with van der Waals surface area (Å²) in [6.07, 6.45) is 0.761. The van der Waals surface area contributed by atoms with E-state index < -0.39 is 0 Å². The third kappa shape index (κ3) is 2.08. The first kappa shape index (κ1) is 9.27. The van der Waals surface area contributed by atoms with E-state index in [1.54, 1.807) is 6.92 Å². The second-order valence-electron chi connectivity index (χ2n) is 2.65. The van der Waals surface area contributed by atoms with Crippen LogP contribution in [0, 0.1) is 0 Å². The number of alkyl halides is 1. The smallest absolute Gasteiger partial charge is 0.160 e. The molecule has 0 spiro atoms. The first-order chi connectivity index (χ1) is 5.75. The van der Waals surface area contributed by atoms with Crippen molar-refractivity contribution in [2.75, 3.05) is 5.88 Å². The van der Waals surface area contributed by atoms with Crippen molar-refractivity contribution < 1.29 is 4.79 Å². The van der Waals surface area contributed by atoms with Crippen LogP contribution in [-0.2, 0) is 6.42 Å². The molecule has 64 valence electrons. The molecule has 0 saturated heterocycles. The zero-order chi connectivity index (χ0) is 8.97. The number of ketones is 1. The summed E-state index contributed by atoms with van der Waals surface area (Å²) in [7, 11) is 0. The molecule has 2 heteroatoms. The Morgan fingerprint density at radius 3 is 2.67 bits per heavy atom. The molecule has 0 saturated carbocycles. The third-order valence-electron chi connectivity index (χ3n) is 1.76. The van der Waals surface area contributed by atoms with Crippen LogP contribution in [0.2, 0.25) is 0 Å². The molecule has 0 fully saturated rings. The van der Waals surface area contributed by atoms with Crippen molar-refractivity contribution in [3.05, 3.63) is 35.4 Å². The molecule has 1 aromatic carbocycles. The van der Waals surface area contributed by atoms with Crippen LogP contribution in [0.25, 0.3) is 0 Å². The first-order valence-corrected chi connectivity index (χ1v) is 4.44. The third-order valence-corrected chi connectivity index (χ3v) is 1.95. The van der Waals surface area contributed by atoms with E-state index in [2.05, 4.69) is 0 Å². The van der Waals surface area contributed by atoms with Crippen LogP contribution in [-0.4, -0.2) is 11.7 Å². The van der Waals surface area contributed by atoms with Gasteiger partial charge in [-0.05, 0) is 18.9 Å². The van der Waals surface area contributed by atoms with Crippen LogP contribution in [0.4, 0.5) is 0 Å². The van der Waals surface area contributed by atoms with Crippen molar-refractivity contribution in [2.45, 2.75) is 13.3 Å². The summed E-state index contributed by atoms with van der Waals surface area (Å²) in [5.74, 6) is 0.667. The minimum atomic E-state index is 0.107. The lowest BCUT2D eigenvalue weighted by atomic mass is 10.0. The van der Waals surface area contributed by atoms with Gasteiger partial charge < -0.3 is 0 Å². The summed E-state index contributed by atoms with van der Waals surface area (Å²) in [6, 6.07) is 7.58. The molecule has 0 N–H and O–H groups in total. The van der Waals surface area contributed by atoms with Crippen LogP contribution < -0.4 is 0 Å². The molecule has 0 bridgehead atoms. The van der Waals surface area contributed by atoms with Gasteiger partial charge in [-0.3, -0.25) is 4.79 Å². The number of Topliss-reactive ketones (excluding diaryl/α,β-unsaturated/α-hetero) is 1. The predicted octanol–water partition coefficient (Wildman–Crippen LogP) is 2.67. The van der Waals surface area contributed by atoms with Gasteiger partial charge in [0, 0.05) is 11.4 Å². The molecule has 0 amide bonds. The van der Waals surface area contributed by atoms with Crippen LogP contribution in [0.15, 0.2) is 24.3 Å². The van der Waals surface area contributed by atoms with E-state index in [0.717, 1.165) is 17.5 Å². The van der Waals surface area contributed by atoms with Crippen molar-refractivity contribution in [2.24, 2.45) is 0 Å². The van der Waals surface area contributed by atoms with Gasteiger partial charge in [0.25, 0.3) is 0 Å². The monoisotopic (exact) mass is 182 g/mol. The van der Waals surface area contributed by atoms with Gasteiger partial charge in [0.15, 0.2) is 5.78 Å². The molecule has 1 nitrogen and oxygen atoms in total. The molecular formula is C10H11ClO. The summed E-state index contributed by atoms with van der Waals surface area (Å²) in [5, 5.41) is 0. The minimum absolute atomic E-state index is 0.107. The average Bonchev–Trinajstić information content (AvgIpc) is 2.05. The number of aryl methyl sites for hydroxylation is 1. The number of benzene rings is 1. The van der Waals surface area contributed by atoms with Crippen molar-refractivity contribution in [1.29, 1.82) is 0 Å². The number of carbonyl (C=O) groups excluding carboxylic acids is 1. The van der Waals surface area contributed by atoms with Gasteiger partial charge in [0.2, 0.25) is 0 Å². The zero-order valence-corrected chi connectivity index (χ0v) is 7.77. The summed E-state index contributed by atoms with van der Waals surface area (Å²) in [4.78, 5) is 11.1. The molecule has 0 aromatic heterocycles. The number of carbonyl (C=O) groups is 1. The average molecular weight is 183 g/mol. The van der Waals surface area contributed by atoms with Gasteiger partial charge in [-0.1, -0.05) is 24.3 Å². The Morgan fingerprint density at radius 1 is 1.42 bits per heavy atom. The van der Waals surface area contributed by atoms with Gasteiger partial charge in [0.1, 0.15) is 0 Å². The van der Waals surface area contributed by atoms with Gasteiger partial charge in [-0.25, -0.2) is 0 Å². The SMILES string of the molecule is CC(=O)c1ccccc1CCCl. The highest BCUT2D eigenvalue weighted by atomic mass is 35.5. The highest BCUT2D eigenvalue weighted by Crippen LogP contribution is 2.10. The number of rotatable bonds is 3. The first-order valence-electron chi connectivity index (χ1n) is 3.90. The number of halogens is 1. The molecule has 0 unspecified atom stereocenters. The fourth-order valence-corrected chi connectivity index (χ4v) is 1.39. The Balaban J connectivity index is 3.00. The molecule has 0 aliphatic rings. The van der Waals surface area contributed by atoms with E-state index >= 15 is 0 Å². The quantitative estimate of drug-likeness (QED) is 0.519. The highest BCUT2D eigenvalue weighted by Gasteiger charge is 2.04. The Morgan fingerprint density at radius 2 is 2.08 bits per heavy atom. The summed E-state index contributed by atoms with van der Waals surface area (Å²) in [5.41, 5.74) is 1.83. The maximum absolute atomic E-state index is 11.1. The molecule has 0 aliphatic carbocycles. The van der Waals surface area contributed by atoms with Crippen molar-refractivity contribution in [3.63, 3.8) is 0 Å². The lowest BCUT2D eigenvalue weighted by Crippen LogP contribution is -1.99. The molecule has 12 heavy (non-hydrogen) atoms. The number of hydrogen-bond donors (Lipinski definition) is 0. The van der Waals surface area contributed by atoms with E-state index in [-0.39, 0.29) is 5.78 Å². The topological polar surface area (TPSA) is 17.1 Å². The van der Waals surface area contributed by atoms with Gasteiger partial charge in [-0.15, -0.1) is 11.6 Å². The highest BCUT2D eigenvalue weighted by molar-refractivity contribution is 6.18. The Kier molecular flexibility index (Phi) is 3.30. The van der Waals surface area contributed by atoms with E-state index in [4.69, 9.17) is 11.6 Å². The molecule has 0 atom stereocenters. The lowest BCUT2D eigenvalue weighted by molar-refractivity contribution is 0.101. The second-order valence-corrected chi connectivity index (χ2v) is 3.03. The fourth-order valence-electron chi connectivity index (χ4n) is 1.18. The Bertz CT molecular complexity index is 281. The fraction of sp³-hybridized carbons (Fsp3) is 0.300. The maximum atomic E-state index is 11.1. The largest absolute Gasteiger partial charge is 0.295 e. The molecule has 0 aliphatic heterocycles. The normalized spacial score (nSPS) is 9.83. The van der Waals surface area contributed by atoms with Crippen LogP contribution in [0.5, 0.6) is 0 Å². The molecular weight excluding hydrogens is 172 g/mol. The van der Waals surface area contributed by atoms with Crippen molar-refractivity contribution >= 4 is 17.4 Å². The summed E-state index contributed by atoms with van der Waals surface area (Å²) in [6.45, 7) is 1.58. The van der Waals surface area contributed by atoms with Gasteiger partial charge >= 0.3 is 0 Å². The van der Waals surface area contributed by atoms with E-state index in [1.165, 1.54) is 0 Å². The molecule has 1 rings (SSSR count). The zero-order valence-electron chi connectivity index (χ0n) is 7.01. The van der Waals surface area contributed by atoms with Crippen molar-refractivity contribution in [3.8, 4) is 0 Å². The Hall–Kier alpha value is -0.820. The van der Waals surface area contributed by atoms with E-state index in [0.29, 0.717) is 5.88 Å². The summed E-state index contributed by atoms with van der Waals surface area (Å²) < 4.78 is 0. The number of hydrogen-bond acceptors (Lipinski definition) is 1. The minimum Gasteiger partial charge on any atom is -0.295 e. The molecule has 0 radical (unpaired) electrons. The van der Waals surface area contributed by atoms with E-state index in [1.807, 2.05) is 24.3 Å². The standard InChI is InChI=1S/C10H11ClO/c1-8(12)10-5-3-2-4-9(10)6-7-11/h2-5H,6-7H2,1H3. The van der Waals surface area contributed by atoms with Crippen LogP contribution >= 0.6 is 11.6 Å². The van der Waals surface area contributed by atoms with E-state index in [9.17, 15) is 4.79 Å². The van der Waals surface area contributed by atoms with Gasteiger partial charge in [0.05, 0.1) is 0 Å². The molecule has 1 aromatic rings. The predicted molar refractivity (Wildman–Crippen MR) is 50.9 cm³/mol. The maximum Gasteiger partial charge on any atom is 0.160 e. The van der Waals surface area contributed by atoms with Gasteiger partial charge in [-0.2, -0.15) is 0 Å². The Labute approximate surface area is 77.4 Å². The second kappa shape index (κ2) is 4.27. The summed E-state index contributed by atoms with van der Waals surface area (Å²) >= 11 is 5.60. The van der Waals surface area contributed by atoms with Crippen LogP contribution in [0.1, 0.15) is 22.8 Å². The molecule has 0 heterocycles. The lowest BCUT2D eigenvalue weighted by Gasteiger charge is -2.03.